The standard InChI is InChI=1S/C13H17ClN2O2S2/c1-8-5-10(11(18-4)6-9(8)14)15-12(17)7-20-13(19)16(2)3/h5-6H,7H2,1-4H3,(H,15,17). The largest absolute Gasteiger partial charge is 0.495 e. The SMILES string of the molecule is COc1cc(Cl)c(C)cc1NC(=O)CSC(=S)N(C)C. The quantitative estimate of drug-likeness (QED) is 0.858. The highest BCUT2D eigenvalue weighted by molar-refractivity contribution is 8.23. The van der Waals surface area contributed by atoms with Crippen LogP contribution in [-0.2, 0) is 4.79 Å². The molecule has 0 radical (unpaired) electrons. The van der Waals surface area contributed by atoms with Gasteiger partial charge in [0.2, 0.25) is 5.91 Å². The number of anilines is 1. The van der Waals surface area contributed by atoms with Crippen molar-refractivity contribution in [2.45, 2.75) is 6.92 Å². The van der Waals surface area contributed by atoms with Crippen molar-refractivity contribution >= 4 is 51.5 Å². The average molecular weight is 333 g/mol. The zero-order chi connectivity index (χ0) is 15.3. The summed E-state index contributed by atoms with van der Waals surface area (Å²) in [7, 11) is 5.23. The number of carbonyl (C=O) groups excluding carboxylic acids is 1. The first-order chi connectivity index (χ1) is 9.35. The van der Waals surface area contributed by atoms with Crippen LogP contribution >= 0.6 is 35.6 Å². The molecule has 0 saturated carbocycles. The van der Waals surface area contributed by atoms with E-state index in [0.29, 0.717) is 20.8 Å². The van der Waals surface area contributed by atoms with Gasteiger partial charge in [-0.25, -0.2) is 0 Å². The molecule has 1 rings (SSSR count). The smallest absolute Gasteiger partial charge is 0.234 e. The van der Waals surface area contributed by atoms with Crippen LogP contribution in [0.2, 0.25) is 5.02 Å². The van der Waals surface area contributed by atoms with Crippen LogP contribution in [0, 0.1) is 6.92 Å². The molecule has 0 spiro atoms. The van der Waals surface area contributed by atoms with Crippen molar-refractivity contribution in [3.05, 3.63) is 22.7 Å². The van der Waals surface area contributed by atoms with Gasteiger partial charge in [-0.2, -0.15) is 0 Å². The fourth-order valence-electron chi connectivity index (χ4n) is 1.37. The number of thioether (sulfide) groups is 1. The zero-order valence-corrected chi connectivity index (χ0v) is 14.2. The van der Waals surface area contributed by atoms with Crippen LogP contribution in [0.3, 0.4) is 0 Å². The molecule has 0 atom stereocenters. The van der Waals surface area contributed by atoms with Crippen LogP contribution in [0.5, 0.6) is 5.75 Å². The van der Waals surface area contributed by atoms with E-state index in [4.69, 9.17) is 28.6 Å². The number of amides is 1. The summed E-state index contributed by atoms with van der Waals surface area (Å²) in [6.07, 6.45) is 0. The number of nitrogens with one attached hydrogen (secondary N) is 1. The minimum atomic E-state index is -0.140. The molecule has 0 unspecified atom stereocenters. The van der Waals surface area contributed by atoms with E-state index in [9.17, 15) is 4.79 Å². The Morgan fingerprint density at radius 3 is 2.70 bits per heavy atom. The third-order valence-electron chi connectivity index (χ3n) is 2.45. The minimum Gasteiger partial charge on any atom is -0.495 e. The molecule has 110 valence electrons. The maximum atomic E-state index is 11.9. The molecule has 0 heterocycles. The molecule has 0 saturated heterocycles. The van der Waals surface area contributed by atoms with E-state index >= 15 is 0 Å². The second kappa shape index (κ2) is 7.71. The van der Waals surface area contributed by atoms with Crippen molar-refractivity contribution in [1.29, 1.82) is 0 Å². The van der Waals surface area contributed by atoms with Gasteiger partial charge in [0.25, 0.3) is 0 Å². The van der Waals surface area contributed by atoms with Crippen molar-refractivity contribution in [2.24, 2.45) is 0 Å². The maximum Gasteiger partial charge on any atom is 0.234 e. The number of ether oxygens (including phenoxy) is 1. The molecule has 0 aromatic heterocycles. The lowest BCUT2D eigenvalue weighted by molar-refractivity contribution is -0.113. The summed E-state index contributed by atoms with van der Waals surface area (Å²) in [5, 5.41) is 3.40. The van der Waals surface area contributed by atoms with E-state index < -0.39 is 0 Å². The molecular weight excluding hydrogens is 316 g/mol. The summed E-state index contributed by atoms with van der Waals surface area (Å²) in [5.41, 5.74) is 1.48. The van der Waals surface area contributed by atoms with Gasteiger partial charge in [-0.3, -0.25) is 4.79 Å². The van der Waals surface area contributed by atoms with Crippen molar-refractivity contribution in [3.63, 3.8) is 0 Å². The molecular formula is C13H17ClN2O2S2. The van der Waals surface area contributed by atoms with Gasteiger partial charge in [-0.15, -0.1) is 0 Å². The minimum absolute atomic E-state index is 0.140. The Hall–Kier alpha value is -0.980. The van der Waals surface area contributed by atoms with Crippen molar-refractivity contribution in [3.8, 4) is 5.75 Å². The van der Waals surface area contributed by atoms with Gasteiger partial charge in [0.05, 0.1) is 18.6 Å². The van der Waals surface area contributed by atoms with E-state index in [1.807, 2.05) is 21.0 Å². The van der Waals surface area contributed by atoms with E-state index in [0.717, 1.165) is 5.56 Å². The Labute approximate surface area is 133 Å². The third kappa shape index (κ3) is 4.85. The fourth-order valence-corrected chi connectivity index (χ4v) is 2.29. The van der Waals surface area contributed by atoms with Crippen molar-refractivity contribution < 1.29 is 9.53 Å². The number of nitrogens with zero attached hydrogens (tertiary/aromatic N) is 1. The van der Waals surface area contributed by atoms with E-state index in [2.05, 4.69) is 5.32 Å². The summed E-state index contributed by atoms with van der Waals surface area (Å²) in [5.74, 6) is 0.648. The van der Waals surface area contributed by atoms with Crippen LogP contribution in [-0.4, -0.2) is 42.1 Å². The molecule has 1 aromatic carbocycles. The fraction of sp³-hybridized carbons (Fsp3) is 0.385. The van der Waals surface area contributed by atoms with E-state index in [1.165, 1.54) is 18.9 Å². The Kier molecular flexibility index (Phi) is 6.58. The van der Waals surface area contributed by atoms with E-state index in [1.54, 1.807) is 17.0 Å². The highest BCUT2D eigenvalue weighted by Gasteiger charge is 2.11. The van der Waals surface area contributed by atoms with Crippen LogP contribution < -0.4 is 10.1 Å². The van der Waals surface area contributed by atoms with Gasteiger partial charge in [-0.1, -0.05) is 35.6 Å². The first-order valence-corrected chi connectivity index (χ1v) is 7.60. The number of halogens is 1. The zero-order valence-electron chi connectivity index (χ0n) is 11.8. The van der Waals surface area contributed by atoms with Gasteiger partial charge in [0.15, 0.2) is 0 Å². The number of aryl methyl sites for hydroxylation is 1. The molecule has 0 aliphatic rings. The topological polar surface area (TPSA) is 41.6 Å². The Morgan fingerprint density at radius 2 is 2.15 bits per heavy atom. The molecule has 0 aliphatic heterocycles. The van der Waals surface area contributed by atoms with Crippen LogP contribution in [0.1, 0.15) is 5.56 Å². The molecule has 7 heteroatoms. The van der Waals surface area contributed by atoms with Gasteiger partial charge in [0, 0.05) is 25.2 Å². The first kappa shape index (κ1) is 17.1. The number of methoxy groups -OCH3 is 1. The summed E-state index contributed by atoms with van der Waals surface area (Å²) in [6, 6.07) is 3.47. The summed E-state index contributed by atoms with van der Waals surface area (Å²) >= 11 is 12.4. The van der Waals surface area contributed by atoms with Gasteiger partial charge < -0.3 is 15.0 Å². The average Bonchev–Trinajstić information content (AvgIpc) is 2.39. The first-order valence-electron chi connectivity index (χ1n) is 5.83. The number of hydrogen-bond acceptors (Lipinski definition) is 4. The molecule has 4 nitrogen and oxygen atoms in total. The second-order valence-electron chi connectivity index (χ2n) is 4.30. The summed E-state index contributed by atoms with van der Waals surface area (Å²) in [6.45, 7) is 1.87. The Bertz CT molecular complexity index is 521. The molecule has 1 aromatic rings. The van der Waals surface area contributed by atoms with Gasteiger partial charge in [-0.05, 0) is 18.6 Å². The summed E-state index contributed by atoms with van der Waals surface area (Å²) in [4.78, 5) is 13.7. The predicted octanol–water partition coefficient (Wildman–Crippen LogP) is 3.18. The Balaban J connectivity index is 2.71. The molecule has 1 amide bonds. The number of hydrogen-bond donors (Lipinski definition) is 1. The third-order valence-corrected chi connectivity index (χ3v) is 4.59. The lowest BCUT2D eigenvalue weighted by Gasteiger charge is -2.14. The lowest BCUT2D eigenvalue weighted by Crippen LogP contribution is -2.21. The predicted molar refractivity (Wildman–Crippen MR) is 90.1 cm³/mol. The van der Waals surface area contributed by atoms with Crippen molar-refractivity contribution in [2.75, 3.05) is 32.3 Å². The number of carbonyl (C=O) groups is 1. The monoisotopic (exact) mass is 332 g/mol. The van der Waals surface area contributed by atoms with Crippen molar-refractivity contribution in [1.82, 2.24) is 4.90 Å². The molecule has 20 heavy (non-hydrogen) atoms. The lowest BCUT2D eigenvalue weighted by atomic mass is 10.2. The van der Waals surface area contributed by atoms with Crippen LogP contribution in [0.25, 0.3) is 0 Å². The van der Waals surface area contributed by atoms with E-state index in [-0.39, 0.29) is 11.7 Å². The second-order valence-corrected chi connectivity index (χ2v) is 6.32. The molecule has 0 aliphatic carbocycles. The maximum absolute atomic E-state index is 11.9. The molecule has 1 N–H and O–H groups in total. The highest BCUT2D eigenvalue weighted by atomic mass is 35.5. The van der Waals surface area contributed by atoms with Crippen LogP contribution in [0.15, 0.2) is 12.1 Å². The van der Waals surface area contributed by atoms with Gasteiger partial charge >= 0.3 is 0 Å². The normalized spacial score (nSPS) is 10.1. The number of benzene rings is 1. The number of rotatable bonds is 4. The molecule has 0 bridgehead atoms. The van der Waals surface area contributed by atoms with Crippen LogP contribution in [0.4, 0.5) is 5.69 Å². The summed E-state index contributed by atoms with van der Waals surface area (Å²) < 4.78 is 5.87. The highest BCUT2D eigenvalue weighted by Crippen LogP contribution is 2.31. The molecule has 0 fully saturated rings. The number of thiocarbonyl (C=S) groups is 1. The van der Waals surface area contributed by atoms with Gasteiger partial charge in [0.1, 0.15) is 10.1 Å². The Morgan fingerprint density at radius 1 is 1.50 bits per heavy atom.